The van der Waals surface area contributed by atoms with Crippen molar-refractivity contribution in [1.82, 2.24) is 0 Å². The Kier molecular flexibility index (Phi) is 4.93. The molecule has 2 rings (SSSR count). The minimum Gasteiger partial charge on any atom is -0.378 e. The van der Waals surface area contributed by atoms with Gasteiger partial charge in [0.05, 0.1) is 11.6 Å². The summed E-state index contributed by atoms with van der Waals surface area (Å²) in [5, 5.41) is 3.16. The van der Waals surface area contributed by atoms with E-state index in [1.165, 1.54) is 6.07 Å². The Morgan fingerprint density at radius 1 is 1.10 bits per heavy atom. The lowest BCUT2D eigenvalue weighted by Crippen LogP contribution is -2.11. The van der Waals surface area contributed by atoms with E-state index in [0.717, 1.165) is 28.6 Å². The molecule has 1 unspecified atom stereocenters. The molecule has 0 aliphatic heterocycles. The standard InChI is InChI=1S/C16H15BrF3N/c1-2-15(11-6-8-13(17)9-7-11)21-14-5-3-4-12(10-14)16(18,19)20/h3-10,15,21H,2H2,1H3. The third-order valence-corrected chi connectivity index (χ3v) is 3.74. The fourth-order valence-electron chi connectivity index (χ4n) is 2.10. The number of rotatable bonds is 4. The van der Waals surface area contributed by atoms with Gasteiger partial charge in [-0.2, -0.15) is 13.2 Å². The van der Waals surface area contributed by atoms with Crippen molar-refractivity contribution in [2.75, 3.05) is 5.32 Å². The summed E-state index contributed by atoms with van der Waals surface area (Å²) in [6.07, 6.45) is -3.55. The number of nitrogens with one attached hydrogen (secondary N) is 1. The molecule has 0 radical (unpaired) electrons. The van der Waals surface area contributed by atoms with Gasteiger partial charge in [0.25, 0.3) is 0 Å². The van der Waals surface area contributed by atoms with Gasteiger partial charge >= 0.3 is 6.18 Å². The van der Waals surface area contributed by atoms with E-state index in [0.29, 0.717) is 5.69 Å². The van der Waals surface area contributed by atoms with Crippen molar-refractivity contribution >= 4 is 21.6 Å². The summed E-state index contributed by atoms with van der Waals surface area (Å²) in [7, 11) is 0. The van der Waals surface area contributed by atoms with Crippen molar-refractivity contribution < 1.29 is 13.2 Å². The third-order valence-electron chi connectivity index (χ3n) is 3.21. The van der Waals surface area contributed by atoms with Crippen LogP contribution in [-0.4, -0.2) is 0 Å². The average Bonchev–Trinajstić information content (AvgIpc) is 2.45. The smallest absolute Gasteiger partial charge is 0.378 e. The lowest BCUT2D eigenvalue weighted by molar-refractivity contribution is -0.137. The molecule has 0 fully saturated rings. The molecule has 0 heterocycles. The lowest BCUT2D eigenvalue weighted by Gasteiger charge is -2.20. The summed E-state index contributed by atoms with van der Waals surface area (Å²) >= 11 is 3.37. The van der Waals surface area contributed by atoms with Crippen LogP contribution in [0.4, 0.5) is 18.9 Å². The number of alkyl halides is 3. The summed E-state index contributed by atoms with van der Waals surface area (Å²) in [4.78, 5) is 0. The van der Waals surface area contributed by atoms with Crippen LogP contribution in [0.3, 0.4) is 0 Å². The maximum Gasteiger partial charge on any atom is 0.416 e. The van der Waals surface area contributed by atoms with Crippen LogP contribution in [0.1, 0.15) is 30.5 Å². The molecule has 1 N–H and O–H groups in total. The van der Waals surface area contributed by atoms with E-state index in [-0.39, 0.29) is 6.04 Å². The summed E-state index contributed by atoms with van der Waals surface area (Å²) < 4.78 is 39.1. The zero-order chi connectivity index (χ0) is 15.5. The molecule has 1 atom stereocenters. The molecule has 0 aliphatic carbocycles. The molecule has 21 heavy (non-hydrogen) atoms. The Morgan fingerprint density at radius 2 is 1.76 bits per heavy atom. The second-order valence-electron chi connectivity index (χ2n) is 4.74. The molecule has 1 nitrogen and oxygen atoms in total. The molecule has 0 saturated carbocycles. The highest BCUT2D eigenvalue weighted by Crippen LogP contribution is 2.32. The fraction of sp³-hybridized carbons (Fsp3) is 0.250. The topological polar surface area (TPSA) is 12.0 Å². The molecule has 2 aromatic carbocycles. The quantitative estimate of drug-likeness (QED) is 0.704. The Balaban J connectivity index is 2.21. The van der Waals surface area contributed by atoms with Crippen LogP contribution in [0.5, 0.6) is 0 Å². The van der Waals surface area contributed by atoms with Gasteiger partial charge in [-0.15, -0.1) is 0 Å². The van der Waals surface area contributed by atoms with Gasteiger partial charge in [0.2, 0.25) is 0 Å². The molecular weight excluding hydrogens is 343 g/mol. The maximum absolute atomic E-state index is 12.7. The largest absolute Gasteiger partial charge is 0.416 e. The van der Waals surface area contributed by atoms with Crippen molar-refractivity contribution in [2.24, 2.45) is 0 Å². The van der Waals surface area contributed by atoms with Gasteiger partial charge in [-0.1, -0.05) is 41.1 Å². The zero-order valence-corrected chi connectivity index (χ0v) is 13.0. The molecule has 112 valence electrons. The number of anilines is 1. The van der Waals surface area contributed by atoms with E-state index in [9.17, 15) is 13.2 Å². The van der Waals surface area contributed by atoms with Gasteiger partial charge in [-0.25, -0.2) is 0 Å². The van der Waals surface area contributed by atoms with Crippen LogP contribution in [-0.2, 0) is 6.18 Å². The molecule has 0 bridgehead atoms. The highest BCUT2D eigenvalue weighted by molar-refractivity contribution is 9.10. The molecule has 0 amide bonds. The normalized spacial score (nSPS) is 13.0. The minimum absolute atomic E-state index is 0.0263. The number of hydrogen-bond donors (Lipinski definition) is 1. The van der Waals surface area contributed by atoms with Crippen LogP contribution in [0.25, 0.3) is 0 Å². The molecule has 0 aliphatic rings. The first-order valence-electron chi connectivity index (χ1n) is 6.59. The van der Waals surface area contributed by atoms with Gasteiger partial charge in [0, 0.05) is 10.2 Å². The van der Waals surface area contributed by atoms with Crippen molar-refractivity contribution in [3.8, 4) is 0 Å². The molecule has 2 aromatic rings. The Morgan fingerprint density at radius 3 is 2.33 bits per heavy atom. The van der Waals surface area contributed by atoms with E-state index in [4.69, 9.17) is 0 Å². The lowest BCUT2D eigenvalue weighted by atomic mass is 10.0. The van der Waals surface area contributed by atoms with Crippen LogP contribution < -0.4 is 5.32 Å². The van der Waals surface area contributed by atoms with Crippen LogP contribution in [0, 0.1) is 0 Å². The maximum atomic E-state index is 12.7. The first kappa shape index (κ1) is 15.9. The van der Waals surface area contributed by atoms with Crippen molar-refractivity contribution in [1.29, 1.82) is 0 Å². The van der Waals surface area contributed by atoms with Crippen molar-refractivity contribution in [3.63, 3.8) is 0 Å². The second kappa shape index (κ2) is 6.52. The molecule has 0 saturated heterocycles. The summed E-state index contributed by atoms with van der Waals surface area (Å²) in [5.74, 6) is 0. The highest BCUT2D eigenvalue weighted by atomic mass is 79.9. The fourth-order valence-corrected chi connectivity index (χ4v) is 2.37. The van der Waals surface area contributed by atoms with E-state index in [1.54, 1.807) is 6.07 Å². The number of hydrogen-bond acceptors (Lipinski definition) is 1. The van der Waals surface area contributed by atoms with Gasteiger partial charge in [-0.3, -0.25) is 0 Å². The Labute approximate surface area is 130 Å². The number of benzene rings is 2. The predicted molar refractivity (Wildman–Crippen MR) is 82.2 cm³/mol. The van der Waals surface area contributed by atoms with Crippen molar-refractivity contribution in [3.05, 3.63) is 64.1 Å². The van der Waals surface area contributed by atoms with Gasteiger partial charge < -0.3 is 5.32 Å². The number of halogens is 4. The SMILES string of the molecule is CCC(Nc1cccc(C(F)(F)F)c1)c1ccc(Br)cc1. The summed E-state index contributed by atoms with van der Waals surface area (Å²) in [6.45, 7) is 1.99. The predicted octanol–water partition coefficient (Wildman–Crippen LogP) is 6.03. The first-order valence-corrected chi connectivity index (χ1v) is 7.38. The van der Waals surface area contributed by atoms with Gasteiger partial charge in [0.1, 0.15) is 0 Å². The second-order valence-corrected chi connectivity index (χ2v) is 5.65. The Bertz CT molecular complexity index is 593. The van der Waals surface area contributed by atoms with Gasteiger partial charge in [0.15, 0.2) is 0 Å². The van der Waals surface area contributed by atoms with Crippen LogP contribution in [0.2, 0.25) is 0 Å². The monoisotopic (exact) mass is 357 g/mol. The van der Waals surface area contributed by atoms with E-state index in [2.05, 4.69) is 21.2 Å². The van der Waals surface area contributed by atoms with E-state index < -0.39 is 11.7 Å². The van der Waals surface area contributed by atoms with Crippen molar-refractivity contribution in [2.45, 2.75) is 25.6 Å². The summed E-state index contributed by atoms with van der Waals surface area (Å²) in [6, 6.07) is 13.0. The average molecular weight is 358 g/mol. The Hall–Kier alpha value is -1.49. The molecular formula is C16H15BrF3N. The summed E-state index contributed by atoms with van der Waals surface area (Å²) in [5.41, 5.74) is 0.871. The minimum atomic E-state index is -4.32. The first-order chi connectivity index (χ1) is 9.90. The van der Waals surface area contributed by atoms with E-state index >= 15 is 0 Å². The zero-order valence-electron chi connectivity index (χ0n) is 11.4. The molecule has 0 spiro atoms. The van der Waals surface area contributed by atoms with E-state index in [1.807, 2.05) is 31.2 Å². The van der Waals surface area contributed by atoms with Crippen LogP contribution >= 0.6 is 15.9 Å². The van der Waals surface area contributed by atoms with Gasteiger partial charge in [-0.05, 0) is 42.3 Å². The molecule has 0 aromatic heterocycles. The highest BCUT2D eigenvalue weighted by Gasteiger charge is 2.30. The third kappa shape index (κ3) is 4.24. The molecule has 5 heteroatoms. The van der Waals surface area contributed by atoms with Crippen LogP contribution in [0.15, 0.2) is 53.0 Å².